The molecule has 0 saturated carbocycles. The molecule has 0 aromatic rings. The van der Waals surface area contributed by atoms with Crippen molar-refractivity contribution < 1.29 is 23.5 Å². The van der Waals surface area contributed by atoms with E-state index in [9.17, 15) is 18.4 Å². The summed E-state index contributed by atoms with van der Waals surface area (Å²) in [6.45, 7) is 0.111. The molecule has 1 N–H and O–H groups in total. The van der Waals surface area contributed by atoms with E-state index in [0.29, 0.717) is 6.42 Å². The molecule has 1 aliphatic rings. The van der Waals surface area contributed by atoms with Gasteiger partial charge < -0.3 is 10.0 Å². The Labute approximate surface area is 73.1 Å². The summed E-state index contributed by atoms with van der Waals surface area (Å²) in [5, 5.41) is 8.58. The van der Waals surface area contributed by atoms with E-state index in [0.717, 1.165) is 4.90 Å². The zero-order valence-electron chi connectivity index (χ0n) is 6.74. The number of alkyl halides is 2. The van der Waals surface area contributed by atoms with Crippen molar-refractivity contribution in [2.75, 3.05) is 6.54 Å². The van der Waals surface area contributed by atoms with Crippen LogP contribution in [0.25, 0.3) is 0 Å². The number of carboxylic acids is 1. The summed E-state index contributed by atoms with van der Waals surface area (Å²) in [4.78, 5) is 22.0. The van der Waals surface area contributed by atoms with Gasteiger partial charge in [0.05, 0.1) is 0 Å². The van der Waals surface area contributed by atoms with Gasteiger partial charge in [0, 0.05) is 6.54 Å². The largest absolute Gasteiger partial charge is 0.480 e. The predicted octanol–water partition coefficient (Wildman–Crippen LogP) is 0.327. The van der Waals surface area contributed by atoms with Gasteiger partial charge in [-0.05, 0) is 12.8 Å². The first-order chi connectivity index (χ1) is 6.04. The van der Waals surface area contributed by atoms with Crippen LogP contribution in [0.1, 0.15) is 12.8 Å². The Hall–Kier alpha value is -1.20. The number of rotatable bonds is 2. The topological polar surface area (TPSA) is 57.6 Å². The van der Waals surface area contributed by atoms with Gasteiger partial charge in [0.2, 0.25) is 0 Å². The van der Waals surface area contributed by atoms with Crippen molar-refractivity contribution in [1.82, 2.24) is 4.90 Å². The molecule has 0 aliphatic carbocycles. The lowest BCUT2D eigenvalue weighted by atomic mass is 10.2. The highest BCUT2D eigenvalue weighted by atomic mass is 19.3. The van der Waals surface area contributed by atoms with Gasteiger partial charge in [-0.2, -0.15) is 8.78 Å². The van der Waals surface area contributed by atoms with E-state index in [-0.39, 0.29) is 13.0 Å². The van der Waals surface area contributed by atoms with Gasteiger partial charge >= 0.3 is 12.4 Å². The Morgan fingerprint density at radius 2 is 2.08 bits per heavy atom. The van der Waals surface area contributed by atoms with E-state index in [1.165, 1.54) is 0 Å². The van der Waals surface area contributed by atoms with Crippen molar-refractivity contribution in [3.8, 4) is 0 Å². The fraction of sp³-hybridized carbons (Fsp3) is 0.714. The Balaban J connectivity index is 2.68. The highest BCUT2D eigenvalue weighted by Crippen LogP contribution is 2.19. The third-order valence-electron chi connectivity index (χ3n) is 2.01. The molecule has 4 nitrogen and oxygen atoms in total. The van der Waals surface area contributed by atoms with Gasteiger partial charge in [0.1, 0.15) is 6.04 Å². The molecular weight excluding hydrogens is 184 g/mol. The molecule has 1 fully saturated rings. The summed E-state index contributed by atoms with van der Waals surface area (Å²) in [5.41, 5.74) is 0. The number of carbonyl (C=O) groups is 2. The number of carbonyl (C=O) groups excluding carboxylic acids is 1. The number of hydrogen-bond donors (Lipinski definition) is 1. The zero-order chi connectivity index (χ0) is 10.0. The first-order valence-electron chi connectivity index (χ1n) is 3.85. The summed E-state index contributed by atoms with van der Waals surface area (Å²) in [6, 6.07) is -1.07. The molecule has 0 unspecified atom stereocenters. The first kappa shape index (κ1) is 9.88. The van der Waals surface area contributed by atoms with E-state index < -0.39 is 24.3 Å². The second kappa shape index (κ2) is 3.68. The number of nitrogens with zero attached hydrogens (tertiary/aromatic N) is 1. The number of amides is 1. The molecule has 0 aromatic heterocycles. The molecule has 0 spiro atoms. The van der Waals surface area contributed by atoms with Crippen LogP contribution >= 0.6 is 0 Å². The maximum absolute atomic E-state index is 11.9. The molecule has 1 rings (SSSR count). The molecule has 0 bridgehead atoms. The average molecular weight is 193 g/mol. The van der Waals surface area contributed by atoms with Crippen molar-refractivity contribution in [2.24, 2.45) is 0 Å². The fourth-order valence-electron chi connectivity index (χ4n) is 1.41. The van der Waals surface area contributed by atoms with Crippen molar-refractivity contribution in [3.05, 3.63) is 0 Å². The van der Waals surface area contributed by atoms with E-state index in [2.05, 4.69) is 0 Å². The van der Waals surface area contributed by atoms with Gasteiger partial charge in [0.25, 0.3) is 5.91 Å². The molecule has 74 valence electrons. The zero-order valence-corrected chi connectivity index (χ0v) is 6.74. The Morgan fingerprint density at radius 1 is 1.46 bits per heavy atom. The maximum Gasteiger partial charge on any atom is 0.326 e. The van der Waals surface area contributed by atoms with Crippen LogP contribution in [0.2, 0.25) is 0 Å². The van der Waals surface area contributed by atoms with Gasteiger partial charge in [0.15, 0.2) is 0 Å². The molecule has 0 radical (unpaired) electrons. The SMILES string of the molecule is O=C(O)[C@H]1CCCN1C(=O)C(F)F. The van der Waals surface area contributed by atoms with Crippen LogP contribution in [-0.2, 0) is 9.59 Å². The van der Waals surface area contributed by atoms with Gasteiger partial charge in [-0.3, -0.25) is 4.79 Å². The van der Waals surface area contributed by atoms with E-state index in [1.807, 2.05) is 0 Å². The van der Waals surface area contributed by atoms with Crippen LogP contribution in [0.5, 0.6) is 0 Å². The molecule has 13 heavy (non-hydrogen) atoms. The number of halogens is 2. The fourth-order valence-corrected chi connectivity index (χ4v) is 1.41. The first-order valence-corrected chi connectivity index (χ1v) is 3.85. The van der Waals surface area contributed by atoms with Gasteiger partial charge in [-0.15, -0.1) is 0 Å². The van der Waals surface area contributed by atoms with Crippen LogP contribution in [0.3, 0.4) is 0 Å². The minimum absolute atomic E-state index is 0.111. The van der Waals surface area contributed by atoms with Crippen LogP contribution in [0, 0.1) is 0 Å². The number of aliphatic carboxylic acids is 1. The summed E-state index contributed by atoms with van der Waals surface area (Å²) in [7, 11) is 0. The van der Waals surface area contributed by atoms with E-state index in [1.54, 1.807) is 0 Å². The molecule has 1 heterocycles. The highest BCUT2D eigenvalue weighted by molar-refractivity contribution is 5.86. The number of carboxylic acid groups (broad SMARTS) is 1. The second-order valence-corrected chi connectivity index (χ2v) is 2.83. The Kier molecular flexibility index (Phi) is 2.79. The van der Waals surface area contributed by atoms with Crippen LogP contribution in [-0.4, -0.2) is 40.9 Å². The van der Waals surface area contributed by atoms with E-state index >= 15 is 0 Å². The number of hydrogen-bond acceptors (Lipinski definition) is 2. The highest BCUT2D eigenvalue weighted by Gasteiger charge is 2.37. The van der Waals surface area contributed by atoms with Gasteiger partial charge in [-0.25, -0.2) is 4.79 Å². The monoisotopic (exact) mass is 193 g/mol. The van der Waals surface area contributed by atoms with Crippen LogP contribution in [0.15, 0.2) is 0 Å². The minimum atomic E-state index is -3.11. The molecular formula is C7H9F2NO3. The third-order valence-corrected chi connectivity index (χ3v) is 2.01. The van der Waals surface area contributed by atoms with Crippen molar-refractivity contribution >= 4 is 11.9 Å². The number of likely N-dealkylation sites (tertiary alicyclic amines) is 1. The van der Waals surface area contributed by atoms with Crippen LogP contribution in [0.4, 0.5) is 8.78 Å². The normalized spacial score (nSPS) is 22.4. The second-order valence-electron chi connectivity index (χ2n) is 2.83. The van der Waals surface area contributed by atoms with Crippen molar-refractivity contribution in [1.29, 1.82) is 0 Å². The van der Waals surface area contributed by atoms with Crippen LogP contribution < -0.4 is 0 Å². The summed E-state index contributed by atoms with van der Waals surface area (Å²) in [5.74, 6) is -2.60. The van der Waals surface area contributed by atoms with E-state index in [4.69, 9.17) is 5.11 Å². The smallest absolute Gasteiger partial charge is 0.326 e. The molecule has 0 aromatic carbocycles. The Morgan fingerprint density at radius 3 is 2.54 bits per heavy atom. The lowest BCUT2D eigenvalue weighted by Crippen LogP contribution is -2.43. The lowest BCUT2D eigenvalue weighted by Gasteiger charge is -2.20. The lowest BCUT2D eigenvalue weighted by molar-refractivity contribution is -0.153. The third kappa shape index (κ3) is 1.93. The minimum Gasteiger partial charge on any atom is -0.480 e. The average Bonchev–Trinajstić information content (AvgIpc) is 2.50. The summed E-state index contributed by atoms with van der Waals surface area (Å²) >= 11 is 0. The predicted molar refractivity (Wildman–Crippen MR) is 38.4 cm³/mol. The summed E-state index contributed by atoms with van der Waals surface area (Å²) < 4.78 is 23.9. The molecule has 1 atom stereocenters. The quantitative estimate of drug-likeness (QED) is 0.687. The molecule has 1 saturated heterocycles. The van der Waals surface area contributed by atoms with Gasteiger partial charge in [-0.1, -0.05) is 0 Å². The van der Waals surface area contributed by atoms with Crippen molar-refractivity contribution in [3.63, 3.8) is 0 Å². The van der Waals surface area contributed by atoms with Crippen molar-refractivity contribution in [2.45, 2.75) is 25.3 Å². The molecule has 1 aliphatic heterocycles. The molecule has 1 amide bonds. The maximum atomic E-state index is 11.9. The molecule has 6 heteroatoms. The summed E-state index contributed by atoms with van der Waals surface area (Å²) in [6.07, 6.45) is -2.39. The standard InChI is InChI=1S/C7H9F2NO3/c8-5(9)6(11)10-3-1-2-4(10)7(12)13/h4-5H,1-3H2,(H,12,13)/t4-/m1/s1. The Bertz CT molecular complexity index is 232.